The molecule has 2 aromatic heterocycles. The second-order valence-corrected chi connectivity index (χ2v) is 4.29. The second kappa shape index (κ2) is 6.89. The molecule has 0 amide bonds. The molecule has 0 aliphatic carbocycles. The minimum Gasteiger partial charge on any atom is -0.454 e. The van der Waals surface area contributed by atoms with Crippen molar-refractivity contribution in [2.45, 2.75) is 33.4 Å². The van der Waals surface area contributed by atoms with Crippen molar-refractivity contribution >= 4 is 0 Å². The summed E-state index contributed by atoms with van der Waals surface area (Å²) in [7, 11) is 0. The van der Waals surface area contributed by atoms with Gasteiger partial charge in [0, 0.05) is 25.4 Å². The largest absolute Gasteiger partial charge is 0.454 e. The fourth-order valence-electron chi connectivity index (χ4n) is 1.72. The summed E-state index contributed by atoms with van der Waals surface area (Å²) < 4.78 is 7.59. The lowest BCUT2D eigenvalue weighted by Gasteiger charge is -2.06. The van der Waals surface area contributed by atoms with E-state index in [0.29, 0.717) is 0 Å². The van der Waals surface area contributed by atoms with Crippen molar-refractivity contribution < 1.29 is 4.74 Å². The molecule has 2 heterocycles. The summed E-state index contributed by atoms with van der Waals surface area (Å²) in [5.74, 6) is 1.54. The molecule has 102 valence electrons. The van der Waals surface area contributed by atoms with Crippen molar-refractivity contribution in [2.75, 3.05) is 6.54 Å². The number of nitrogens with zero attached hydrogens (tertiary/aromatic N) is 3. The smallest absolute Gasteiger partial charge is 0.165 e. The van der Waals surface area contributed by atoms with Crippen LogP contribution in [-0.2, 0) is 13.1 Å². The monoisotopic (exact) mass is 260 g/mol. The van der Waals surface area contributed by atoms with Gasteiger partial charge in [0.1, 0.15) is 5.75 Å². The third-order valence-electron chi connectivity index (χ3n) is 2.69. The second-order valence-electron chi connectivity index (χ2n) is 4.29. The first-order valence-corrected chi connectivity index (χ1v) is 6.67. The molecule has 5 heteroatoms. The lowest BCUT2D eigenvalue weighted by atomic mass is 10.3. The van der Waals surface area contributed by atoms with E-state index >= 15 is 0 Å². The number of pyridine rings is 1. The third-order valence-corrected chi connectivity index (χ3v) is 2.69. The lowest BCUT2D eigenvalue weighted by Crippen LogP contribution is -2.14. The molecule has 0 bridgehead atoms. The molecule has 0 spiro atoms. The maximum Gasteiger partial charge on any atom is 0.165 e. The minimum absolute atomic E-state index is 0.750. The number of aromatic nitrogens is 3. The summed E-state index contributed by atoms with van der Waals surface area (Å²) in [6.07, 6.45) is 6.49. The molecule has 0 fully saturated rings. The van der Waals surface area contributed by atoms with Gasteiger partial charge in [-0.05, 0) is 26.0 Å². The number of hydrogen-bond acceptors (Lipinski definition) is 4. The van der Waals surface area contributed by atoms with Crippen LogP contribution in [0.5, 0.6) is 11.5 Å². The average Bonchev–Trinajstić information content (AvgIpc) is 2.87. The Hall–Kier alpha value is -1.88. The van der Waals surface area contributed by atoms with Crippen LogP contribution < -0.4 is 10.1 Å². The van der Waals surface area contributed by atoms with Crippen molar-refractivity contribution in [2.24, 2.45) is 0 Å². The summed E-state index contributed by atoms with van der Waals surface area (Å²) in [4.78, 5) is 4.31. The minimum atomic E-state index is 0.750. The fraction of sp³-hybridized carbons (Fsp3) is 0.429. The van der Waals surface area contributed by atoms with E-state index < -0.39 is 0 Å². The first-order valence-electron chi connectivity index (χ1n) is 6.67. The highest BCUT2D eigenvalue weighted by atomic mass is 16.5. The van der Waals surface area contributed by atoms with Crippen molar-refractivity contribution in [1.82, 2.24) is 20.1 Å². The number of hydrogen-bond donors (Lipinski definition) is 1. The molecule has 0 saturated heterocycles. The molecule has 19 heavy (non-hydrogen) atoms. The van der Waals surface area contributed by atoms with E-state index in [0.717, 1.165) is 43.2 Å². The Bertz CT molecular complexity index is 510. The van der Waals surface area contributed by atoms with Gasteiger partial charge in [0.05, 0.1) is 18.1 Å². The Kier molecular flexibility index (Phi) is 4.92. The molecule has 0 saturated carbocycles. The van der Waals surface area contributed by atoms with Crippen molar-refractivity contribution in [1.29, 1.82) is 0 Å². The molecular formula is C14H20N4O. The van der Waals surface area contributed by atoms with Crippen LogP contribution in [0.2, 0.25) is 0 Å². The van der Waals surface area contributed by atoms with Crippen LogP contribution in [0.25, 0.3) is 0 Å². The summed E-state index contributed by atoms with van der Waals surface area (Å²) in [5, 5.41) is 7.50. The Morgan fingerprint density at radius 3 is 2.95 bits per heavy atom. The van der Waals surface area contributed by atoms with Crippen molar-refractivity contribution in [3.63, 3.8) is 0 Å². The van der Waals surface area contributed by atoms with Gasteiger partial charge in [-0.2, -0.15) is 5.10 Å². The van der Waals surface area contributed by atoms with Gasteiger partial charge in [-0.15, -0.1) is 0 Å². The van der Waals surface area contributed by atoms with Crippen LogP contribution >= 0.6 is 0 Å². The Labute approximate surface area is 113 Å². The number of aryl methyl sites for hydroxylation is 1. The lowest BCUT2D eigenvalue weighted by molar-refractivity contribution is 0.479. The Morgan fingerprint density at radius 2 is 2.21 bits per heavy atom. The van der Waals surface area contributed by atoms with E-state index in [-0.39, 0.29) is 0 Å². The first-order chi connectivity index (χ1) is 9.31. The molecule has 5 nitrogen and oxygen atoms in total. The zero-order chi connectivity index (χ0) is 13.5. The summed E-state index contributed by atoms with van der Waals surface area (Å²) in [6.45, 7) is 6.78. The fourth-order valence-corrected chi connectivity index (χ4v) is 1.72. The van der Waals surface area contributed by atoms with Crippen LogP contribution in [0, 0.1) is 0 Å². The highest BCUT2D eigenvalue weighted by Gasteiger charge is 2.02. The van der Waals surface area contributed by atoms with Crippen molar-refractivity contribution in [3.8, 4) is 11.5 Å². The summed E-state index contributed by atoms with van der Waals surface area (Å²) >= 11 is 0. The van der Waals surface area contributed by atoms with Gasteiger partial charge < -0.3 is 10.1 Å². The maximum absolute atomic E-state index is 5.76. The summed E-state index contributed by atoms with van der Waals surface area (Å²) in [6, 6.07) is 3.80. The van der Waals surface area contributed by atoms with Gasteiger partial charge in [-0.3, -0.25) is 9.67 Å². The first kappa shape index (κ1) is 13.5. The van der Waals surface area contributed by atoms with Gasteiger partial charge in [-0.25, -0.2) is 0 Å². The SMILES string of the molecule is CCCNCc1cc(Oc2cnn(CC)c2)ccn1. The van der Waals surface area contributed by atoms with Crippen molar-refractivity contribution in [3.05, 3.63) is 36.4 Å². The molecule has 1 N–H and O–H groups in total. The Balaban J connectivity index is 1.98. The van der Waals surface area contributed by atoms with Gasteiger partial charge >= 0.3 is 0 Å². The van der Waals surface area contributed by atoms with Gasteiger partial charge in [0.15, 0.2) is 5.75 Å². The number of ether oxygens (including phenoxy) is 1. The molecule has 0 radical (unpaired) electrons. The topological polar surface area (TPSA) is 52.0 Å². The highest BCUT2D eigenvalue weighted by Crippen LogP contribution is 2.20. The molecule has 0 unspecified atom stereocenters. The number of nitrogens with one attached hydrogen (secondary N) is 1. The predicted molar refractivity (Wildman–Crippen MR) is 74.2 cm³/mol. The molecule has 0 aliphatic rings. The molecule has 2 rings (SSSR count). The molecular weight excluding hydrogens is 240 g/mol. The maximum atomic E-state index is 5.76. The van der Waals surface area contributed by atoms with E-state index in [1.54, 1.807) is 12.4 Å². The quantitative estimate of drug-likeness (QED) is 0.777. The third kappa shape index (κ3) is 4.06. The molecule has 0 aromatic carbocycles. The molecule has 2 aromatic rings. The zero-order valence-corrected chi connectivity index (χ0v) is 11.5. The average molecular weight is 260 g/mol. The van der Waals surface area contributed by atoms with E-state index in [1.807, 2.05) is 29.9 Å². The van der Waals surface area contributed by atoms with E-state index in [4.69, 9.17) is 4.74 Å². The van der Waals surface area contributed by atoms with Gasteiger partial charge in [0.2, 0.25) is 0 Å². The van der Waals surface area contributed by atoms with Crippen LogP contribution in [0.1, 0.15) is 26.0 Å². The normalized spacial score (nSPS) is 10.6. The predicted octanol–water partition coefficient (Wildman–Crippen LogP) is 2.59. The van der Waals surface area contributed by atoms with E-state index in [2.05, 4.69) is 22.3 Å². The summed E-state index contributed by atoms with van der Waals surface area (Å²) in [5.41, 5.74) is 0.980. The standard InChI is InChI=1S/C14H20N4O/c1-3-6-15-9-12-8-13(5-7-16-12)19-14-10-17-18(4-2)11-14/h5,7-8,10-11,15H,3-4,6,9H2,1-2H3. The van der Waals surface area contributed by atoms with E-state index in [9.17, 15) is 0 Å². The number of rotatable bonds is 7. The highest BCUT2D eigenvalue weighted by molar-refractivity contribution is 5.28. The molecule has 0 atom stereocenters. The van der Waals surface area contributed by atoms with Crippen LogP contribution in [0.4, 0.5) is 0 Å². The van der Waals surface area contributed by atoms with Crippen LogP contribution in [0.3, 0.4) is 0 Å². The van der Waals surface area contributed by atoms with Gasteiger partial charge in [0.25, 0.3) is 0 Å². The molecule has 0 aliphatic heterocycles. The van der Waals surface area contributed by atoms with E-state index in [1.165, 1.54) is 0 Å². The van der Waals surface area contributed by atoms with Crippen LogP contribution in [-0.4, -0.2) is 21.3 Å². The van der Waals surface area contributed by atoms with Gasteiger partial charge in [-0.1, -0.05) is 6.92 Å². The Morgan fingerprint density at radius 1 is 1.32 bits per heavy atom. The zero-order valence-electron chi connectivity index (χ0n) is 11.5. The van der Waals surface area contributed by atoms with Crippen LogP contribution in [0.15, 0.2) is 30.7 Å².